The van der Waals surface area contributed by atoms with Crippen molar-refractivity contribution in [2.75, 3.05) is 12.4 Å². The van der Waals surface area contributed by atoms with Crippen LogP contribution in [0, 0.1) is 5.82 Å². The van der Waals surface area contributed by atoms with Crippen LogP contribution >= 0.6 is 11.8 Å². The fourth-order valence-corrected chi connectivity index (χ4v) is 1.95. The summed E-state index contributed by atoms with van der Waals surface area (Å²) in [6, 6.07) is 6.32. The van der Waals surface area contributed by atoms with Crippen LogP contribution in [0.4, 0.5) is 4.39 Å². The van der Waals surface area contributed by atoms with Crippen LogP contribution in [-0.4, -0.2) is 23.5 Å². The van der Waals surface area contributed by atoms with E-state index in [-0.39, 0.29) is 18.5 Å². The van der Waals surface area contributed by atoms with Crippen LogP contribution in [0.1, 0.15) is 5.56 Å². The van der Waals surface area contributed by atoms with Gasteiger partial charge in [0.05, 0.1) is 6.61 Å². The molecule has 1 aromatic carbocycles. The van der Waals surface area contributed by atoms with Crippen LogP contribution in [0.15, 0.2) is 24.3 Å². The van der Waals surface area contributed by atoms with Crippen molar-refractivity contribution in [2.24, 2.45) is 5.73 Å². The van der Waals surface area contributed by atoms with Crippen LogP contribution in [0.25, 0.3) is 0 Å². The average molecular weight is 215 g/mol. The lowest BCUT2D eigenvalue weighted by molar-refractivity contribution is 0.275. The molecule has 0 fully saturated rings. The third kappa shape index (κ3) is 4.09. The maximum absolute atomic E-state index is 12.7. The summed E-state index contributed by atoms with van der Waals surface area (Å²) in [7, 11) is 0. The zero-order chi connectivity index (χ0) is 10.4. The van der Waals surface area contributed by atoms with E-state index in [2.05, 4.69) is 0 Å². The molecule has 78 valence electrons. The molecule has 0 spiro atoms. The molecular formula is C10H14FNOS. The zero-order valence-electron chi connectivity index (χ0n) is 7.82. The molecule has 3 N–H and O–H groups in total. The van der Waals surface area contributed by atoms with E-state index < -0.39 is 0 Å². The summed E-state index contributed by atoms with van der Waals surface area (Å²) in [6.07, 6.45) is 0. The second kappa shape index (κ2) is 6.01. The van der Waals surface area contributed by atoms with Crippen LogP contribution in [0.3, 0.4) is 0 Å². The summed E-state index contributed by atoms with van der Waals surface area (Å²) < 4.78 is 12.7. The van der Waals surface area contributed by atoms with E-state index in [9.17, 15) is 4.39 Å². The highest BCUT2D eigenvalue weighted by Gasteiger charge is 2.01. The minimum absolute atomic E-state index is 0.00382. The monoisotopic (exact) mass is 215 g/mol. The minimum atomic E-state index is -0.213. The molecule has 0 bridgehead atoms. The third-order valence-corrected chi connectivity index (χ3v) is 2.93. The first-order chi connectivity index (χ1) is 6.72. The fourth-order valence-electron chi connectivity index (χ4n) is 1.01. The van der Waals surface area contributed by atoms with Crippen LogP contribution in [-0.2, 0) is 5.75 Å². The largest absolute Gasteiger partial charge is 0.395 e. The second-order valence-electron chi connectivity index (χ2n) is 3.09. The van der Waals surface area contributed by atoms with Crippen molar-refractivity contribution in [1.82, 2.24) is 0 Å². The minimum Gasteiger partial charge on any atom is -0.395 e. The normalized spacial score (nSPS) is 12.8. The summed E-state index contributed by atoms with van der Waals surface area (Å²) in [6.45, 7) is -0.00382. The van der Waals surface area contributed by atoms with Gasteiger partial charge in [0.2, 0.25) is 0 Å². The number of hydrogen-bond acceptors (Lipinski definition) is 3. The maximum Gasteiger partial charge on any atom is 0.123 e. The van der Waals surface area contributed by atoms with Gasteiger partial charge in [0.25, 0.3) is 0 Å². The topological polar surface area (TPSA) is 46.2 Å². The predicted octanol–water partition coefficient (Wildman–Crippen LogP) is 1.38. The van der Waals surface area contributed by atoms with Gasteiger partial charge in [-0.3, -0.25) is 0 Å². The second-order valence-corrected chi connectivity index (χ2v) is 4.12. The van der Waals surface area contributed by atoms with Gasteiger partial charge in [-0.25, -0.2) is 4.39 Å². The molecule has 0 heterocycles. The lowest BCUT2D eigenvalue weighted by atomic mass is 10.2. The third-order valence-electron chi connectivity index (χ3n) is 1.72. The number of aliphatic hydroxyl groups excluding tert-OH is 1. The Labute approximate surface area is 87.3 Å². The van der Waals surface area contributed by atoms with E-state index in [0.29, 0.717) is 5.75 Å². The smallest absolute Gasteiger partial charge is 0.123 e. The van der Waals surface area contributed by atoms with Crippen molar-refractivity contribution in [2.45, 2.75) is 11.8 Å². The number of hydrogen-bond donors (Lipinski definition) is 2. The van der Waals surface area contributed by atoms with Crippen molar-refractivity contribution in [1.29, 1.82) is 0 Å². The van der Waals surface area contributed by atoms with E-state index in [1.54, 1.807) is 17.8 Å². The van der Waals surface area contributed by atoms with Gasteiger partial charge >= 0.3 is 0 Å². The lowest BCUT2D eigenvalue weighted by Crippen LogP contribution is -2.26. The molecule has 0 amide bonds. The molecule has 1 atom stereocenters. The Morgan fingerprint density at radius 2 is 2.29 bits per heavy atom. The Kier molecular flexibility index (Phi) is 4.93. The van der Waals surface area contributed by atoms with Gasteiger partial charge in [-0.05, 0) is 17.7 Å². The van der Waals surface area contributed by atoms with Crippen molar-refractivity contribution in [3.8, 4) is 0 Å². The molecule has 0 aliphatic rings. The Balaban J connectivity index is 2.31. The first kappa shape index (κ1) is 11.5. The van der Waals surface area contributed by atoms with Crippen molar-refractivity contribution in [3.05, 3.63) is 35.6 Å². The molecule has 0 unspecified atom stereocenters. The molecular weight excluding hydrogens is 201 g/mol. The number of thioether (sulfide) groups is 1. The van der Waals surface area contributed by atoms with Gasteiger partial charge in [0.1, 0.15) is 5.82 Å². The molecule has 0 aliphatic carbocycles. The van der Waals surface area contributed by atoms with Crippen LogP contribution in [0.2, 0.25) is 0 Å². The number of aliphatic hydroxyl groups is 1. The van der Waals surface area contributed by atoms with E-state index >= 15 is 0 Å². The highest BCUT2D eigenvalue weighted by atomic mass is 32.2. The summed E-state index contributed by atoms with van der Waals surface area (Å²) in [4.78, 5) is 0. The molecule has 0 radical (unpaired) electrons. The highest BCUT2D eigenvalue weighted by Crippen LogP contribution is 2.13. The zero-order valence-corrected chi connectivity index (χ0v) is 8.64. The summed E-state index contributed by atoms with van der Waals surface area (Å²) in [5.74, 6) is 1.20. The number of halogens is 1. The number of rotatable bonds is 5. The standard InChI is InChI=1S/C10H14FNOS/c11-9-3-1-2-8(4-9)6-14-7-10(12)5-13/h1-4,10,13H,5-7,12H2/t10-/m1/s1. The molecule has 4 heteroatoms. The Bertz CT molecular complexity index is 283. The Hall–Kier alpha value is -0.580. The van der Waals surface area contributed by atoms with Gasteiger partial charge in [-0.2, -0.15) is 11.8 Å². The molecule has 1 rings (SSSR count). The van der Waals surface area contributed by atoms with Crippen molar-refractivity contribution < 1.29 is 9.50 Å². The van der Waals surface area contributed by atoms with E-state index in [1.165, 1.54) is 12.1 Å². The van der Waals surface area contributed by atoms with Gasteiger partial charge in [0.15, 0.2) is 0 Å². The first-order valence-corrected chi connectivity index (χ1v) is 5.56. The van der Waals surface area contributed by atoms with E-state index in [4.69, 9.17) is 10.8 Å². The maximum atomic E-state index is 12.7. The molecule has 0 aromatic heterocycles. The molecule has 0 aliphatic heterocycles. The molecule has 2 nitrogen and oxygen atoms in total. The average Bonchev–Trinajstić information content (AvgIpc) is 2.17. The van der Waals surface area contributed by atoms with Crippen LogP contribution < -0.4 is 5.73 Å². The van der Waals surface area contributed by atoms with Gasteiger partial charge < -0.3 is 10.8 Å². The summed E-state index contributed by atoms with van der Waals surface area (Å²) in [5, 5.41) is 8.68. The Morgan fingerprint density at radius 1 is 1.50 bits per heavy atom. The van der Waals surface area contributed by atoms with Crippen LogP contribution in [0.5, 0.6) is 0 Å². The molecule has 0 saturated heterocycles. The summed E-state index contributed by atoms with van der Waals surface area (Å²) >= 11 is 1.60. The quantitative estimate of drug-likeness (QED) is 0.780. The van der Waals surface area contributed by atoms with Gasteiger partial charge in [0, 0.05) is 17.5 Å². The van der Waals surface area contributed by atoms with Crippen molar-refractivity contribution in [3.63, 3.8) is 0 Å². The molecule has 0 saturated carbocycles. The number of benzene rings is 1. The lowest BCUT2D eigenvalue weighted by Gasteiger charge is -2.07. The van der Waals surface area contributed by atoms with Crippen molar-refractivity contribution >= 4 is 11.8 Å². The SMILES string of the molecule is N[C@H](CO)CSCc1cccc(F)c1. The van der Waals surface area contributed by atoms with Gasteiger partial charge in [-0.15, -0.1) is 0 Å². The fraction of sp³-hybridized carbons (Fsp3) is 0.400. The molecule has 14 heavy (non-hydrogen) atoms. The van der Waals surface area contributed by atoms with E-state index in [0.717, 1.165) is 11.3 Å². The first-order valence-electron chi connectivity index (χ1n) is 4.41. The molecule has 1 aromatic rings. The summed E-state index contributed by atoms with van der Waals surface area (Å²) in [5.41, 5.74) is 6.47. The Morgan fingerprint density at radius 3 is 2.93 bits per heavy atom. The predicted molar refractivity (Wildman–Crippen MR) is 57.6 cm³/mol. The van der Waals surface area contributed by atoms with Gasteiger partial charge in [-0.1, -0.05) is 12.1 Å². The highest BCUT2D eigenvalue weighted by molar-refractivity contribution is 7.98. The van der Waals surface area contributed by atoms with E-state index in [1.807, 2.05) is 6.07 Å². The number of nitrogens with two attached hydrogens (primary N) is 1.